The first kappa shape index (κ1) is 17.0. The van der Waals surface area contributed by atoms with E-state index in [1.807, 2.05) is 0 Å². The number of hydrogen-bond donors (Lipinski definition) is 1. The SMILES string of the molecule is N[C@H]1CCCC[C@@H]1N1Cc2ccc(-c3noc(C(F)(F)F)n3)cc2C1=O. The molecule has 0 spiro atoms. The van der Waals surface area contributed by atoms with Gasteiger partial charge in [-0.3, -0.25) is 4.79 Å². The minimum atomic E-state index is -4.70. The molecular formula is C17H17F3N4O2. The Balaban J connectivity index is 1.61. The maximum Gasteiger partial charge on any atom is 0.471 e. The van der Waals surface area contributed by atoms with Gasteiger partial charge in [0.2, 0.25) is 5.82 Å². The third kappa shape index (κ3) is 2.86. The zero-order valence-electron chi connectivity index (χ0n) is 13.8. The average Bonchev–Trinajstić information content (AvgIpc) is 3.21. The lowest BCUT2D eigenvalue weighted by Crippen LogP contribution is -2.49. The number of benzene rings is 1. The number of carbonyl (C=O) groups is 1. The summed E-state index contributed by atoms with van der Waals surface area (Å²) in [5.74, 6) is -1.75. The van der Waals surface area contributed by atoms with Crippen LogP contribution in [-0.2, 0) is 12.7 Å². The fourth-order valence-corrected chi connectivity index (χ4v) is 3.71. The van der Waals surface area contributed by atoms with Crippen LogP contribution in [0.5, 0.6) is 0 Å². The molecule has 2 aromatic rings. The smallest absolute Gasteiger partial charge is 0.330 e. The van der Waals surface area contributed by atoms with E-state index in [-0.39, 0.29) is 23.8 Å². The Labute approximate surface area is 147 Å². The minimum absolute atomic E-state index is 0.00546. The van der Waals surface area contributed by atoms with Crippen molar-refractivity contribution in [2.24, 2.45) is 5.73 Å². The van der Waals surface area contributed by atoms with Crippen molar-refractivity contribution in [2.45, 2.75) is 50.5 Å². The lowest BCUT2D eigenvalue weighted by Gasteiger charge is -2.35. The second-order valence-electron chi connectivity index (χ2n) is 6.74. The maximum atomic E-state index is 12.8. The van der Waals surface area contributed by atoms with E-state index in [2.05, 4.69) is 14.7 Å². The van der Waals surface area contributed by atoms with Crippen LogP contribution < -0.4 is 5.73 Å². The van der Waals surface area contributed by atoms with Gasteiger partial charge in [0.25, 0.3) is 5.91 Å². The molecule has 26 heavy (non-hydrogen) atoms. The van der Waals surface area contributed by atoms with E-state index >= 15 is 0 Å². The van der Waals surface area contributed by atoms with E-state index in [4.69, 9.17) is 5.73 Å². The van der Waals surface area contributed by atoms with Crippen LogP contribution in [0.15, 0.2) is 22.7 Å². The number of alkyl halides is 3. The lowest BCUT2D eigenvalue weighted by molar-refractivity contribution is -0.159. The molecule has 0 bridgehead atoms. The van der Waals surface area contributed by atoms with Gasteiger partial charge in [0.1, 0.15) is 0 Å². The molecule has 138 valence electrons. The molecule has 4 rings (SSSR count). The van der Waals surface area contributed by atoms with Crippen molar-refractivity contribution in [1.29, 1.82) is 0 Å². The number of hydrogen-bond acceptors (Lipinski definition) is 5. The van der Waals surface area contributed by atoms with Gasteiger partial charge < -0.3 is 15.2 Å². The molecule has 0 radical (unpaired) electrons. The Morgan fingerprint density at radius 2 is 2.00 bits per heavy atom. The summed E-state index contributed by atoms with van der Waals surface area (Å²) >= 11 is 0. The molecule has 1 fully saturated rings. The molecule has 1 aromatic carbocycles. The van der Waals surface area contributed by atoms with Crippen LogP contribution >= 0.6 is 0 Å². The van der Waals surface area contributed by atoms with Crippen LogP contribution in [-0.4, -0.2) is 33.0 Å². The molecule has 1 aromatic heterocycles. The number of nitrogens with zero attached hydrogens (tertiary/aromatic N) is 3. The highest BCUT2D eigenvalue weighted by atomic mass is 19.4. The van der Waals surface area contributed by atoms with Crippen LogP contribution in [0.2, 0.25) is 0 Å². The molecule has 1 aliphatic heterocycles. The van der Waals surface area contributed by atoms with E-state index in [0.29, 0.717) is 17.7 Å². The Hall–Kier alpha value is -2.42. The van der Waals surface area contributed by atoms with E-state index in [1.165, 1.54) is 6.07 Å². The van der Waals surface area contributed by atoms with Gasteiger partial charge >= 0.3 is 12.1 Å². The number of halogens is 3. The highest BCUT2D eigenvalue weighted by Gasteiger charge is 2.39. The number of rotatable bonds is 2. The number of amides is 1. The molecule has 0 unspecified atom stereocenters. The quantitative estimate of drug-likeness (QED) is 0.883. The van der Waals surface area contributed by atoms with Gasteiger partial charge in [0.05, 0.1) is 0 Å². The summed E-state index contributed by atoms with van der Waals surface area (Å²) in [7, 11) is 0. The average molecular weight is 366 g/mol. The Morgan fingerprint density at radius 3 is 2.69 bits per heavy atom. The Bertz CT molecular complexity index is 849. The number of carbonyl (C=O) groups excluding carboxylic acids is 1. The maximum absolute atomic E-state index is 12.8. The fourth-order valence-electron chi connectivity index (χ4n) is 3.71. The van der Waals surface area contributed by atoms with Gasteiger partial charge in [0, 0.05) is 29.8 Å². The molecule has 1 amide bonds. The van der Waals surface area contributed by atoms with Crippen molar-refractivity contribution in [3.05, 3.63) is 35.2 Å². The Kier molecular flexibility index (Phi) is 3.98. The molecule has 1 aliphatic carbocycles. The highest BCUT2D eigenvalue weighted by molar-refractivity contribution is 5.99. The molecule has 6 nitrogen and oxygen atoms in total. The van der Waals surface area contributed by atoms with Gasteiger partial charge in [0.15, 0.2) is 0 Å². The van der Waals surface area contributed by atoms with Crippen molar-refractivity contribution in [3.8, 4) is 11.4 Å². The molecule has 2 heterocycles. The fraction of sp³-hybridized carbons (Fsp3) is 0.471. The van der Waals surface area contributed by atoms with Crippen LogP contribution in [0.4, 0.5) is 13.2 Å². The van der Waals surface area contributed by atoms with Crippen molar-refractivity contribution in [1.82, 2.24) is 15.0 Å². The van der Waals surface area contributed by atoms with E-state index in [1.54, 1.807) is 17.0 Å². The standard InChI is InChI=1S/C17H17F3N4O2/c18-17(19,20)16-22-14(23-26-16)9-5-6-10-8-24(15(25)11(10)7-9)13-4-2-1-3-12(13)21/h5-7,12-13H,1-4,8,21H2/t12-,13-/m0/s1. The molecule has 1 saturated carbocycles. The minimum Gasteiger partial charge on any atom is -0.330 e. The van der Waals surface area contributed by atoms with Gasteiger partial charge in [-0.05, 0) is 24.5 Å². The summed E-state index contributed by atoms with van der Waals surface area (Å²) in [5, 5.41) is 3.37. The van der Waals surface area contributed by atoms with Gasteiger partial charge in [-0.2, -0.15) is 18.2 Å². The third-order valence-corrected chi connectivity index (χ3v) is 5.05. The van der Waals surface area contributed by atoms with Crippen molar-refractivity contribution in [3.63, 3.8) is 0 Å². The molecule has 2 N–H and O–H groups in total. The van der Waals surface area contributed by atoms with Gasteiger partial charge in [-0.15, -0.1) is 0 Å². The van der Waals surface area contributed by atoms with E-state index < -0.39 is 12.1 Å². The zero-order chi connectivity index (χ0) is 18.5. The monoisotopic (exact) mass is 366 g/mol. The van der Waals surface area contributed by atoms with Crippen molar-refractivity contribution < 1.29 is 22.5 Å². The van der Waals surface area contributed by atoms with Crippen LogP contribution in [0.3, 0.4) is 0 Å². The summed E-state index contributed by atoms with van der Waals surface area (Å²) < 4.78 is 42.1. The van der Waals surface area contributed by atoms with Crippen molar-refractivity contribution >= 4 is 5.91 Å². The summed E-state index contributed by atoms with van der Waals surface area (Å²) in [6.07, 6.45) is -0.846. The first-order valence-corrected chi connectivity index (χ1v) is 8.45. The topological polar surface area (TPSA) is 85.2 Å². The van der Waals surface area contributed by atoms with E-state index in [0.717, 1.165) is 31.2 Å². The normalized spacial score (nSPS) is 23.4. The van der Waals surface area contributed by atoms with E-state index in [9.17, 15) is 18.0 Å². The highest BCUT2D eigenvalue weighted by Crippen LogP contribution is 2.34. The predicted molar refractivity (Wildman–Crippen MR) is 84.8 cm³/mol. The largest absolute Gasteiger partial charge is 0.471 e. The second kappa shape index (κ2) is 6.08. The van der Waals surface area contributed by atoms with Gasteiger partial charge in [-0.25, -0.2) is 0 Å². The summed E-state index contributed by atoms with van der Waals surface area (Å²) in [4.78, 5) is 18.0. The summed E-state index contributed by atoms with van der Waals surface area (Å²) in [6.45, 7) is 0.465. The molecule has 9 heteroatoms. The number of aromatic nitrogens is 2. The predicted octanol–water partition coefficient (Wildman–Crippen LogP) is 2.98. The molecular weight excluding hydrogens is 349 g/mol. The molecule has 2 atom stereocenters. The first-order valence-electron chi connectivity index (χ1n) is 8.45. The van der Waals surface area contributed by atoms with Crippen LogP contribution in [0.1, 0.15) is 47.5 Å². The number of nitrogens with two attached hydrogens (primary N) is 1. The lowest BCUT2D eigenvalue weighted by atomic mass is 9.90. The zero-order valence-corrected chi connectivity index (χ0v) is 13.8. The Morgan fingerprint density at radius 1 is 1.23 bits per heavy atom. The summed E-state index contributed by atoms with van der Waals surface area (Å²) in [6, 6.07) is 4.79. The van der Waals surface area contributed by atoms with Gasteiger partial charge in [-0.1, -0.05) is 30.1 Å². The van der Waals surface area contributed by atoms with Crippen LogP contribution in [0.25, 0.3) is 11.4 Å². The number of fused-ring (bicyclic) bond motifs is 1. The second-order valence-corrected chi connectivity index (χ2v) is 6.74. The third-order valence-electron chi connectivity index (χ3n) is 5.05. The summed E-state index contributed by atoms with van der Waals surface area (Å²) in [5.41, 5.74) is 7.79. The van der Waals surface area contributed by atoms with Crippen LogP contribution in [0, 0.1) is 0 Å². The van der Waals surface area contributed by atoms with Crippen molar-refractivity contribution in [2.75, 3.05) is 0 Å². The molecule has 0 saturated heterocycles. The molecule has 2 aliphatic rings. The first-order chi connectivity index (χ1) is 12.3.